The molecular weight excluding hydrogens is 332 g/mol. The molecule has 6 nitrogen and oxygen atoms in total. The molecule has 0 aromatic heterocycles. The number of hydrogen-bond acceptors (Lipinski definition) is 4. The van der Waals surface area contributed by atoms with Gasteiger partial charge in [-0.3, -0.25) is 0 Å². The number of methoxy groups -OCH3 is 1. The van der Waals surface area contributed by atoms with Gasteiger partial charge in [0.25, 0.3) is 0 Å². The lowest BCUT2D eigenvalue weighted by Crippen LogP contribution is -2.43. The number of carboxylic acid groups (broad SMARTS) is 1. The third kappa shape index (κ3) is 9.74. The number of hydrogen-bond donors (Lipinski definition) is 1. The Bertz CT molecular complexity index is 360. The molecule has 0 bridgehead atoms. The molecule has 0 spiro atoms. The molecule has 0 radical (unpaired) electrons. The van der Waals surface area contributed by atoms with Gasteiger partial charge in [0.2, 0.25) is 0 Å². The zero-order valence-corrected chi connectivity index (χ0v) is 17.1. The second-order valence-electron chi connectivity index (χ2n) is 7.49. The highest BCUT2D eigenvalue weighted by Crippen LogP contribution is 2.25. The molecule has 1 aliphatic carbocycles. The maximum atomic E-state index is 11.3. The van der Waals surface area contributed by atoms with Crippen molar-refractivity contribution in [3.8, 4) is 0 Å². The minimum absolute atomic E-state index is 0.183. The van der Waals surface area contributed by atoms with E-state index in [9.17, 15) is 9.90 Å². The van der Waals surface area contributed by atoms with Crippen molar-refractivity contribution in [2.75, 3.05) is 47.0 Å². The van der Waals surface area contributed by atoms with Crippen LogP contribution in [0.25, 0.3) is 0 Å². The second-order valence-corrected chi connectivity index (χ2v) is 7.49. The summed E-state index contributed by atoms with van der Waals surface area (Å²) in [5.41, 5.74) is 0. The number of nitrogens with zero attached hydrogens (tertiary/aromatic N) is 2. The third-order valence-corrected chi connectivity index (χ3v) is 5.26. The summed E-state index contributed by atoms with van der Waals surface area (Å²) < 4.78 is 11.1. The van der Waals surface area contributed by atoms with E-state index in [0.29, 0.717) is 12.6 Å². The first kappa shape index (κ1) is 23.2. The molecule has 0 saturated heterocycles. The molecule has 0 heterocycles. The Morgan fingerprint density at radius 2 is 1.69 bits per heavy atom. The molecule has 1 saturated carbocycles. The van der Waals surface area contributed by atoms with Gasteiger partial charge in [-0.05, 0) is 58.5 Å². The first-order valence-corrected chi connectivity index (χ1v) is 10.4. The zero-order valence-electron chi connectivity index (χ0n) is 17.1. The van der Waals surface area contributed by atoms with Gasteiger partial charge in [0, 0.05) is 32.8 Å². The predicted octanol–water partition coefficient (Wildman–Crippen LogP) is 3.84. The van der Waals surface area contributed by atoms with Crippen LogP contribution in [0.1, 0.15) is 64.7 Å². The molecule has 0 unspecified atom stereocenters. The van der Waals surface area contributed by atoms with Crippen molar-refractivity contribution in [3.63, 3.8) is 0 Å². The summed E-state index contributed by atoms with van der Waals surface area (Å²) in [5.74, 6) is 0. The number of amides is 1. The Labute approximate surface area is 159 Å². The lowest BCUT2D eigenvalue weighted by atomic mass is 9.92. The number of unbranched alkanes of at least 4 members (excludes halogenated alkanes) is 3. The van der Waals surface area contributed by atoms with Gasteiger partial charge in [0.05, 0.1) is 12.7 Å². The fourth-order valence-electron chi connectivity index (χ4n) is 3.65. The SMILES string of the molecule is CCCN(C(=O)O)C1CCC(OCCCCCCN(C)CCOC)CC1. The van der Waals surface area contributed by atoms with Crippen molar-refractivity contribution in [2.45, 2.75) is 76.9 Å². The monoisotopic (exact) mass is 372 g/mol. The molecule has 6 heteroatoms. The van der Waals surface area contributed by atoms with Crippen LogP contribution in [-0.2, 0) is 9.47 Å². The van der Waals surface area contributed by atoms with Crippen LogP contribution in [0.5, 0.6) is 0 Å². The molecule has 26 heavy (non-hydrogen) atoms. The Kier molecular flexibility index (Phi) is 12.7. The van der Waals surface area contributed by atoms with Crippen LogP contribution < -0.4 is 0 Å². The maximum absolute atomic E-state index is 11.3. The van der Waals surface area contributed by atoms with Crippen LogP contribution in [0.15, 0.2) is 0 Å². The van der Waals surface area contributed by atoms with Crippen LogP contribution in [0.4, 0.5) is 4.79 Å². The van der Waals surface area contributed by atoms with E-state index in [-0.39, 0.29) is 6.04 Å². The Hall–Kier alpha value is -0.850. The summed E-state index contributed by atoms with van der Waals surface area (Å²) >= 11 is 0. The van der Waals surface area contributed by atoms with Crippen LogP contribution in [-0.4, -0.2) is 80.2 Å². The van der Waals surface area contributed by atoms with E-state index in [1.165, 1.54) is 19.3 Å². The number of likely N-dealkylation sites (N-methyl/N-ethyl adjacent to an activating group) is 1. The van der Waals surface area contributed by atoms with Crippen LogP contribution in [0, 0.1) is 0 Å². The summed E-state index contributed by atoms with van der Waals surface area (Å²) in [7, 11) is 3.89. The smallest absolute Gasteiger partial charge is 0.407 e. The van der Waals surface area contributed by atoms with Gasteiger partial charge < -0.3 is 24.4 Å². The highest BCUT2D eigenvalue weighted by Gasteiger charge is 2.28. The Morgan fingerprint density at radius 3 is 2.31 bits per heavy atom. The fraction of sp³-hybridized carbons (Fsp3) is 0.950. The topological polar surface area (TPSA) is 62.2 Å². The van der Waals surface area contributed by atoms with E-state index >= 15 is 0 Å². The lowest BCUT2D eigenvalue weighted by molar-refractivity contribution is 0.00702. The summed E-state index contributed by atoms with van der Waals surface area (Å²) in [6, 6.07) is 0.183. The fourth-order valence-corrected chi connectivity index (χ4v) is 3.65. The standard InChI is InChI=1S/C20H40N2O4/c1-4-13-22(20(23)24)18-9-11-19(12-10-18)26-16-8-6-5-7-14-21(2)15-17-25-3/h18-19H,4-17H2,1-3H3,(H,23,24). The van der Waals surface area contributed by atoms with E-state index in [4.69, 9.17) is 9.47 Å². The summed E-state index contributed by atoms with van der Waals surface area (Å²) in [4.78, 5) is 15.3. The largest absolute Gasteiger partial charge is 0.465 e. The van der Waals surface area contributed by atoms with Gasteiger partial charge >= 0.3 is 6.09 Å². The molecular formula is C20H40N2O4. The van der Waals surface area contributed by atoms with Gasteiger partial charge in [-0.25, -0.2) is 4.79 Å². The highest BCUT2D eigenvalue weighted by molar-refractivity contribution is 5.65. The van der Waals surface area contributed by atoms with E-state index < -0.39 is 6.09 Å². The molecule has 1 rings (SSSR count). The second kappa shape index (κ2) is 14.2. The Balaban J connectivity index is 2.02. The average Bonchev–Trinajstić information content (AvgIpc) is 2.64. The summed E-state index contributed by atoms with van der Waals surface area (Å²) in [5, 5.41) is 9.33. The lowest BCUT2D eigenvalue weighted by Gasteiger charge is -2.35. The minimum atomic E-state index is -0.774. The van der Waals surface area contributed by atoms with Crippen molar-refractivity contribution < 1.29 is 19.4 Å². The summed E-state index contributed by atoms with van der Waals surface area (Å²) in [6.07, 6.45) is 9.10. The van der Waals surface area contributed by atoms with E-state index in [0.717, 1.165) is 64.8 Å². The predicted molar refractivity (Wildman–Crippen MR) is 105 cm³/mol. The van der Waals surface area contributed by atoms with Crippen molar-refractivity contribution in [1.82, 2.24) is 9.80 Å². The molecule has 0 aromatic carbocycles. The summed E-state index contributed by atoms with van der Waals surface area (Å²) in [6.45, 7) is 6.45. The number of carbonyl (C=O) groups is 1. The molecule has 1 N–H and O–H groups in total. The highest BCUT2D eigenvalue weighted by atomic mass is 16.5. The Morgan fingerprint density at radius 1 is 1.00 bits per heavy atom. The minimum Gasteiger partial charge on any atom is -0.465 e. The molecule has 1 aliphatic rings. The average molecular weight is 373 g/mol. The number of ether oxygens (including phenoxy) is 2. The van der Waals surface area contributed by atoms with Crippen molar-refractivity contribution in [1.29, 1.82) is 0 Å². The van der Waals surface area contributed by atoms with Gasteiger partial charge in [-0.1, -0.05) is 19.8 Å². The molecule has 154 valence electrons. The molecule has 1 fully saturated rings. The molecule has 0 aromatic rings. The first-order chi connectivity index (χ1) is 12.6. The van der Waals surface area contributed by atoms with Gasteiger partial charge in [0.1, 0.15) is 0 Å². The van der Waals surface area contributed by atoms with Gasteiger partial charge in [-0.15, -0.1) is 0 Å². The normalized spacial score (nSPS) is 20.5. The van der Waals surface area contributed by atoms with Gasteiger partial charge in [-0.2, -0.15) is 0 Å². The van der Waals surface area contributed by atoms with Gasteiger partial charge in [0.15, 0.2) is 0 Å². The first-order valence-electron chi connectivity index (χ1n) is 10.4. The van der Waals surface area contributed by atoms with Crippen LogP contribution in [0.3, 0.4) is 0 Å². The van der Waals surface area contributed by atoms with Crippen LogP contribution in [0.2, 0.25) is 0 Å². The quantitative estimate of drug-likeness (QED) is 0.469. The maximum Gasteiger partial charge on any atom is 0.407 e. The molecule has 1 amide bonds. The van der Waals surface area contributed by atoms with E-state index in [1.807, 2.05) is 6.92 Å². The zero-order chi connectivity index (χ0) is 19.2. The molecule has 0 aliphatic heterocycles. The van der Waals surface area contributed by atoms with E-state index in [2.05, 4.69) is 11.9 Å². The van der Waals surface area contributed by atoms with Crippen molar-refractivity contribution >= 4 is 6.09 Å². The molecule has 0 atom stereocenters. The third-order valence-electron chi connectivity index (χ3n) is 5.26. The van der Waals surface area contributed by atoms with Crippen molar-refractivity contribution in [2.24, 2.45) is 0 Å². The van der Waals surface area contributed by atoms with Crippen LogP contribution >= 0.6 is 0 Å². The number of rotatable bonds is 14. The van der Waals surface area contributed by atoms with E-state index in [1.54, 1.807) is 12.0 Å². The van der Waals surface area contributed by atoms with Crippen molar-refractivity contribution in [3.05, 3.63) is 0 Å².